The molecule has 0 spiro atoms. The van der Waals surface area contributed by atoms with Gasteiger partial charge < -0.3 is 19.9 Å². The van der Waals surface area contributed by atoms with Crippen LogP contribution >= 0.6 is 0 Å². The van der Waals surface area contributed by atoms with Crippen molar-refractivity contribution < 1.29 is 13.5 Å². The van der Waals surface area contributed by atoms with Crippen molar-refractivity contribution in [3.8, 4) is 17.1 Å². The predicted molar refractivity (Wildman–Crippen MR) is 130 cm³/mol. The number of rotatable bonds is 10. The van der Waals surface area contributed by atoms with Crippen molar-refractivity contribution in [3.05, 3.63) is 60.9 Å². The number of methoxy groups -OCH3 is 1. The van der Waals surface area contributed by atoms with E-state index in [0.717, 1.165) is 25.6 Å². The second-order valence-corrected chi connectivity index (χ2v) is 7.89. The summed E-state index contributed by atoms with van der Waals surface area (Å²) in [5.41, 5.74) is 1.71. The molecule has 180 valence electrons. The maximum Gasteiger partial charge on any atom is 0.272 e. The first-order valence-corrected chi connectivity index (χ1v) is 10.8. The Hall–Kier alpha value is -3.82. The number of hydrogen-bond donors (Lipinski definition) is 1. The summed E-state index contributed by atoms with van der Waals surface area (Å²) >= 11 is 0. The average Bonchev–Trinajstić information content (AvgIpc) is 2.83. The number of hydrogen-bond acceptors (Lipinski definition) is 8. The first-order valence-electron chi connectivity index (χ1n) is 10.8. The van der Waals surface area contributed by atoms with Crippen LogP contribution in [0, 0.1) is 0 Å². The number of pyridine rings is 2. The molecule has 3 aromatic heterocycles. The Balaban J connectivity index is 2.00. The highest BCUT2D eigenvalue weighted by Crippen LogP contribution is 2.33. The van der Waals surface area contributed by atoms with E-state index in [-0.39, 0.29) is 5.56 Å². The van der Waals surface area contributed by atoms with Crippen LogP contribution in [0.15, 0.2) is 55.4 Å². The van der Waals surface area contributed by atoms with Gasteiger partial charge in [0.25, 0.3) is 5.92 Å². The topological polar surface area (TPSA) is 79.3 Å². The molecular formula is C24H29F2N7O. The number of aromatic nitrogens is 4. The minimum absolute atomic E-state index is 0.169. The van der Waals surface area contributed by atoms with E-state index in [0.29, 0.717) is 34.6 Å². The Kier molecular flexibility index (Phi) is 7.60. The summed E-state index contributed by atoms with van der Waals surface area (Å²) in [5, 5.41) is 3.13. The molecule has 8 nitrogen and oxygen atoms in total. The Morgan fingerprint density at radius 2 is 1.94 bits per heavy atom. The molecule has 0 atom stereocenters. The predicted octanol–water partition coefficient (Wildman–Crippen LogP) is 4.92. The van der Waals surface area contributed by atoms with Gasteiger partial charge in [0.05, 0.1) is 18.5 Å². The molecule has 3 heterocycles. The quantitative estimate of drug-likeness (QED) is 0.448. The van der Waals surface area contributed by atoms with E-state index in [4.69, 9.17) is 9.72 Å². The minimum Gasteiger partial charge on any atom is -0.481 e. The molecule has 10 heteroatoms. The molecule has 0 aliphatic carbocycles. The Labute approximate surface area is 198 Å². The van der Waals surface area contributed by atoms with E-state index in [2.05, 4.69) is 38.7 Å². The van der Waals surface area contributed by atoms with Crippen LogP contribution in [-0.2, 0) is 5.92 Å². The summed E-state index contributed by atoms with van der Waals surface area (Å²) < 4.78 is 32.9. The van der Waals surface area contributed by atoms with Gasteiger partial charge in [0, 0.05) is 57.2 Å². The van der Waals surface area contributed by atoms with Gasteiger partial charge in [-0.1, -0.05) is 13.5 Å². The fraction of sp³-hybridized carbons (Fsp3) is 0.333. The molecule has 3 rings (SSSR count). The van der Waals surface area contributed by atoms with Crippen LogP contribution in [0.4, 0.5) is 26.1 Å². The molecule has 0 saturated carbocycles. The molecule has 0 unspecified atom stereocenters. The fourth-order valence-corrected chi connectivity index (χ4v) is 3.30. The molecule has 0 bridgehead atoms. The van der Waals surface area contributed by atoms with Crippen molar-refractivity contribution >= 4 is 17.3 Å². The van der Waals surface area contributed by atoms with E-state index in [1.807, 2.05) is 20.2 Å². The molecule has 0 amide bonds. The van der Waals surface area contributed by atoms with Crippen LogP contribution in [0.3, 0.4) is 0 Å². The molecular weight excluding hydrogens is 440 g/mol. The highest BCUT2D eigenvalue weighted by molar-refractivity contribution is 5.74. The summed E-state index contributed by atoms with van der Waals surface area (Å²) in [5.74, 6) is -0.980. The number of halogens is 2. The zero-order chi connectivity index (χ0) is 24.9. The molecule has 3 aromatic rings. The molecule has 34 heavy (non-hydrogen) atoms. The van der Waals surface area contributed by atoms with Gasteiger partial charge in [0.2, 0.25) is 5.88 Å². The van der Waals surface area contributed by atoms with Crippen molar-refractivity contribution in [2.24, 2.45) is 0 Å². The lowest BCUT2D eigenvalue weighted by atomic mass is 10.1. The number of ether oxygens (including phenoxy) is 1. The lowest BCUT2D eigenvalue weighted by Crippen LogP contribution is -2.27. The van der Waals surface area contributed by atoms with Crippen LogP contribution in [0.5, 0.6) is 5.88 Å². The Morgan fingerprint density at radius 1 is 1.18 bits per heavy atom. The highest BCUT2D eigenvalue weighted by Gasteiger charge is 2.25. The molecule has 0 fully saturated rings. The van der Waals surface area contributed by atoms with Crippen LogP contribution in [0.1, 0.15) is 25.8 Å². The van der Waals surface area contributed by atoms with Gasteiger partial charge >= 0.3 is 0 Å². The minimum atomic E-state index is -3.00. The zero-order valence-electron chi connectivity index (χ0n) is 20.0. The Morgan fingerprint density at radius 3 is 2.62 bits per heavy atom. The molecule has 0 aliphatic heterocycles. The van der Waals surface area contributed by atoms with Gasteiger partial charge in [-0.15, -0.1) is 0 Å². The van der Waals surface area contributed by atoms with Crippen molar-refractivity contribution in [2.45, 2.75) is 26.2 Å². The van der Waals surface area contributed by atoms with Gasteiger partial charge in [-0.05, 0) is 24.6 Å². The van der Waals surface area contributed by atoms with Gasteiger partial charge in [0.1, 0.15) is 18.0 Å². The molecule has 0 radical (unpaired) electrons. The summed E-state index contributed by atoms with van der Waals surface area (Å²) in [6, 6.07) is 6.78. The smallest absolute Gasteiger partial charge is 0.272 e. The fourth-order valence-electron chi connectivity index (χ4n) is 3.30. The van der Waals surface area contributed by atoms with Crippen molar-refractivity contribution in [1.29, 1.82) is 0 Å². The monoisotopic (exact) mass is 469 g/mol. The summed E-state index contributed by atoms with van der Waals surface area (Å²) in [6.07, 6.45) is 5.02. The van der Waals surface area contributed by atoms with Gasteiger partial charge in [-0.25, -0.2) is 23.7 Å². The molecule has 0 aromatic carbocycles. The molecule has 1 N–H and O–H groups in total. The summed E-state index contributed by atoms with van der Waals surface area (Å²) in [4.78, 5) is 20.9. The maximum atomic E-state index is 13.9. The van der Waals surface area contributed by atoms with Gasteiger partial charge in [-0.2, -0.15) is 0 Å². The van der Waals surface area contributed by atoms with Crippen LogP contribution in [0.2, 0.25) is 0 Å². The summed E-state index contributed by atoms with van der Waals surface area (Å²) in [6.45, 7) is 7.87. The Bertz CT molecular complexity index is 1150. The number of nitrogens with one attached hydrogen (secondary N) is 1. The first kappa shape index (κ1) is 24.8. The van der Waals surface area contributed by atoms with Crippen molar-refractivity contribution in [1.82, 2.24) is 19.9 Å². The maximum absolute atomic E-state index is 13.9. The summed E-state index contributed by atoms with van der Waals surface area (Å²) in [7, 11) is 5.32. The second kappa shape index (κ2) is 10.4. The third-order valence-corrected chi connectivity index (χ3v) is 5.21. The number of anilines is 3. The lowest BCUT2D eigenvalue weighted by Gasteiger charge is -2.28. The van der Waals surface area contributed by atoms with Gasteiger partial charge in [0.15, 0.2) is 5.82 Å². The zero-order valence-corrected chi connectivity index (χ0v) is 20.0. The van der Waals surface area contributed by atoms with E-state index >= 15 is 0 Å². The first-order chi connectivity index (χ1) is 16.1. The van der Waals surface area contributed by atoms with Crippen molar-refractivity contribution in [3.63, 3.8) is 0 Å². The average molecular weight is 470 g/mol. The standard InChI is InChI=1S/C24H29F2N7O/c1-7-10-32(4)20-9-8-19(17-11-18(14-27-13-17)24(3,25)26)31-23(20)33(5)16(2)30-21-12-22(34-6)29-15-28-21/h8-9,11-15H,2,7,10H2,1,3-6H3,(H,28,29,30). The van der Waals surface area contributed by atoms with Gasteiger partial charge in [-0.3, -0.25) is 4.98 Å². The third kappa shape index (κ3) is 5.75. The van der Waals surface area contributed by atoms with Crippen LogP contribution in [0.25, 0.3) is 11.3 Å². The molecule has 0 aliphatic rings. The lowest BCUT2D eigenvalue weighted by molar-refractivity contribution is 0.0171. The van der Waals surface area contributed by atoms with Crippen LogP contribution < -0.4 is 19.9 Å². The second-order valence-electron chi connectivity index (χ2n) is 7.89. The van der Waals surface area contributed by atoms with Crippen molar-refractivity contribution in [2.75, 3.05) is 42.9 Å². The largest absolute Gasteiger partial charge is 0.481 e. The normalized spacial score (nSPS) is 11.1. The van der Waals surface area contributed by atoms with Crippen LogP contribution in [-0.4, -0.2) is 47.7 Å². The van der Waals surface area contributed by atoms with E-state index in [1.54, 1.807) is 17.0 Å². The number of alkyl halides is 2. The number of nitrogens with zero attached hydrogens (tertiary/aromatic N) is 6. The SMILES string of the molecule is C=C(Nc1cc(OC)ncn1)N(C)c1nc(-c2cncc(C(C)(F)F)c2)ccc1N(C)CCC. The van der Waals surface area contributed by atoms with E-state index in [1.165, 1.54) is 31.9 Å². The highest BCUT2D eigenvalue weighted by atomic mass is 19.3. The van der Waals surface area contributed by atoms with E-state index < -0.39 is 5.92 Å². The van der Waals surface area contributed by atoms with E-state index in [9.17, 15) is 8.78 Å². The molecule has 0 saturated heterocycles. The third-order valence-electron chi connectivity index (χ3n) is 5.21.